The van der Waals surface area contributed by atoms with Gasteiger partial charge in [0.1, 0.15) is 4.90 Å². The second-order valence-electron chi connectivity index (χ2n) is 5.78. The summed E-state index contributed by atoms with van der Waals surface area (Å²) in [6.07, 6.45) is 0.542. The summed E-state index contributed by atoms with van der Waals surface area (Å²) in [5.74, 6) is -2.91. The van der Waals surface area contributed by atoms with Crippen molar-refractivity contribution in [1.82, 2.24) is 4.72 Å². The van der Waals surface area contributed by atoms with Gasteiger partial charge in [0.25, 0.3) is 0 Å². The quantitative estimate of drug-likeness (QED) is 0.865. The zero-order chi connectivity index (χ0) is 16.4. The number of nitrogens with one attached hydrogen (secondary N) is 1. The van der Waals surface area contributed by atoms with Gasteiger partial charge in [0.05, 0.1) is 5.56 Å². The first-order valence-corrected chi connectivity index (χ1v) is 8.02. The van der Waals surface area contributed by atoms with Crippen LogP contribution in [0.5, 0.6) is 0 Å². The van der Waals surface area contributed by atoms with Crippen LogP contribution >= 0.6 is 11.6 Å². The lowest BCUT2D eigenvalue weighted by atomic mass is 9.93. The Balaban J connectivity index is 3.12. The molecule has 1 rings (SSSR count). The fourth-order valence-corrected chi connectivity index (χ4v) is 2.99. The van der Waals surface area contributed by atoms with Crippen molar-refractivity contribution in [1.29, 1.82) is 0 Å². The maximum atomic E-state index is 14.0. The molecule has 21 heavy (non-hydrogen) atoms. The number of carbonyl (C=O) groups is 1. The van der Waals surface area contributed by atoms with Gasteiger partial charge in [-0.2, -0.15) is 0 Å². The zero-order valence-corrected chi connectivity index (χ0v) is 13.5. The van der Waals surface area contributed by atoms with Crippen LogP contribution in [0.4, 0.5) is 4.39 Å². The molecule has 0 amide bonds. The standard InChI is InChI=1S/C13H17ClFNO4S/c1-13(2,3)4-5-16-21(19,20)10-7-8(14)6-9(11(10)15)12(17)18/h6-7,16H,4-5H2,1-3H3,(H,17,18). The zero-order valence-electron chi connectivity index (χ0n) is 11.9. The van der Waals surface area contributed by atoms with E-state index in [1.807, 2.05) is 20.8 Å². The van der Waals surface area contributed by atoms with Gasteiger partial charge >= 0.3 is 5.97 Å². The van der Waals surface area contributed by atoms with Crippen LogP contribution in [-0.2, 0) is 10.0 Å². The fraction of sp³-hybridized carbons (Fsp3) is 0.462. The third kappa shape index (κ3) is 4.94. The lowest BCUT2D eigenvalue weighted by Crippen LogP contribution is -2.28. The molecule has 0 spiro atoms. The summed E-state index contributed by atoms with van der Waals surface area (Å²) in [6, 6.07) is 1.76. The third-order valence-corrected chi connectivity index (χ3v) is 4.37. The van der Waals surface area contributed by atoms with Crippen molar-refractivity contribution < 1.29 is 22.7 Å². The smallest absolute Gasteiger partial charge is 0.338 e. The van der Waals surface area contributed by atoms with E-state index in [-0.39, 0.29) is 17.0 Å². The van der Waals surface area contributed by atoms with Crippen molar-refractivity contribution in [3.8, 4) is 0 Å². The normalized spacial score (nSPS) is 12.4. The Labute approximate surface area is 128 Å². The first-order valence-electron chi connectivity index (χ1n) is 6.16. The van der Waals surface area contributed by atoms with Crippen molar-refractivity contribution in [2.45, 2.75) is 32.1 Å². The number of rotatable bonds is 5. The molecule has 0 radical (unpaired) electrons. The molecule has 0 fully saturated rings. The fourth-order valence-electron chi connectivity index (χ4n) is 1.55. The molecule has 5 nitrogen and oxygen atoms in total. The summed E-state index contributed by atoms with van der Waals surface area (Å²) < 4.78 is 40.4. The van der Waals surface area contributed by atoms with E-state index in [9.17, 15) is 17.6 Å². The van der Waals surface area contributed by atoms with Gasteiger partial charge in [-0.1, -0.05) is 32.4 Å². The maximum absolute atomic E-state index is 14.0. The summed E-state index contributed by atoms with van der Waals surface area (Å²) in [7, 11) is -4.16. The Morgan fingerprint density at radius 3 is 2.43 bits per heavy atom. The summed E-state index contributed by atoms with van der Waals surface area (Å²) in [4.78, 5) is 10.1. The predicted octanol–water partition coefficient (Wildman–Crippen LogP) is 2.89. The summed E-state index contributed by atoms with van der Waals surface area (Å²) in [6.45, 7) is 5.91. The van der Waals surface area contributed by atoms with E-state index in [2.05, 4.69) is 4.72 Å². The first-order chi connectivity index (χ1) is 9.44. The molecule has 0 bridgehead atoms. The average molecular weight is 338 g/mol. The molecular weight excluding hydrogens is 321 g/mol. The molecule has 2 N–H and O–H groups in total. The van der Waals surface area contributed by atoms with E-state index >= 15 is 0 Å². The van der Waals surface area contributed by atoms with E-state index in [1.54, 1.807) is 0 Å². The van der Waals surface area contributed by atoms with E-state index in [0.717, 1.165) is 12.1 Å². The maximum Gasteiger partial charge on any atom is 0.338 e. The van der Waals surface area contributed by atoms with Crippen LogP contribution in [0, 0.1) is 11.2 Å². The molecular formula is C13H17ClFNO4S. The van der Waals surface area contributed by atoms with E-state index < -0.39 is 32.3 Å². The van der Waals surface area contributed by atoms with Crippen LogP contribution in [-0.4, -0.2) is 26.0 Å². The summed E-state index contributed by atoms with van der Waals surface area (Å²) >= 11 is 5.66. The molecule has 0 saturated carbocycles. The highest BCUT2D eigenvalue weighted by atomic mass is 35.5. The van der Waals surface area contributed by atoms with Crippen molar-refractivity contribution in [2.24, 2.45) is 5.41 Å². The number of carboxylic acids is 1. The molecule has 0 saturated heterocycles. The molecule has 1 aromatic rings. The number of hydrogen-bond acceptors (Lipinski definition) is 3. The molecule has 118 valence electrons. The van der Waals surface area contributed by atoms with Gasteiger partial charge in [0, 0.05) is 11.6 Å². The van der Waals surface area contributed by atoms with Crippen LogP contribution in [0.2, 0.25) is 5.02 Å². The molecule has 1 aromatic carbocycles. The minimum absolute atomic E-state index is 0.0956. The second kappa shape index (κ2) is 6.29. The van der Waals surface area contributed by atoms with Gasteiger partial charge in [-0.05, 0) is 24.0 Å². The number of sulfonamides is 1. The Hall–Kier alpha value is -1.18. The number of aromatic carboxylic acids is 1. The minimum Gasteiger partial charge on any atom is -0.478 e. The predicted molar refractivity (Wildman–Crippen MR) is 77.6 cm³/mol. The Morgan fingerprint density at radius 2 is 1.95 bits per heavy atom. The summed E-state index contributed by atoms with van der Waals surface area (Å²) in [5, 5.41) is 8.69. The molecule has 0 aliphatic heterocycles. The highest BCUT2D eigenvalue weighted by Gasteiger charge is 2.25. The summed E-state index contributed by atoms with van der Waals surface area (Å²) in [5.41, 5.74) is -0.875. The number of carboxylic acid groups (broad SMARTS) is 1. The topological polar surface area (TPSA) is 83.5 Å². The van der Waals surface area contributed by atoms with Crippen molar-refractivity contribution in [3.05, 3.63) is 28.5 Å². The molecule has 0 heterocycles. The van der Waals surface area contributed by atoms with Crippen LogP contribution in [0.1, 0.15) is 37.6 Å². The van der Waals surface area contributed by atoms with Gasteiger partial charge in [0.2, 0.25) is 10.0 Å². The molecule has 0 aliphatic rings. The Morgan fingerprint density at radius 1 is 1.38 bits per heavy atom. The number of benzene rings is 1. The van der Waals surface area contributed by atoms with Gasteiger partial charge in [-0.25, -0.2) is 22.3 Å². The average Bonchev–Trinajstić information content (AvgIpc) is 2.29. The van der Waals surface area contributed by atoms with Crippen LogP contribution in [0.25, 0.3) is 0 Å². The molecule has 8 heteroatoms. The monoisotopic (exact) mass is 337 g/mol. The molecule has 0 aliphatic carbocycles. The van der Waals surface area contributed by atoms with Crippen LogP contribution in [0.15, 0.2) is 17.0 Å². The number of halogens is 2. The van der Waals surface area contributed by atoms with Gasteiger partial charge < -0.3 is 5.11 Å². The van der Waals surface area contributed by atoms with E-state index in [1.165, 1.54) is 0 Å². The van der Waals surface area contributed by atoms with Crippen molar-refractivity contribution in [3.63, 3.8) is 0 Å². The minimum atomic E-state index is -4.16. The molecule has 0 atom stereocenters. The van der Waals surface area contributed by atoms with Crippen molar-refractivity contribution >= 4 is 27.6 Å². The molecule has 0 unspecified atom stereocenters. The van der Waals surface area contributed by atoms with Gasteiger partial charge in [-0.3, -0.25) is 0 Å². The largest absolute Gasteiger partial charge is 0.478 e. The lowest BCUT2D eigenvalue weighted by molar-refractivity contribution is 0.0691. The number of hydrogen-bond donors (Lipinski definition) is 2. The van der Waals surface area contributed by atoms with E-state index in [4.69, 9.17) is 16.7 Å². The van der Waals surface area contributed by atoms with Crippen LogP contribution < -0.4 is 4.72 Å². The van der Waals surface area contributed by atoms with Gasteiger partial charge in [-0.15, -0.1) is 0 Å². The van der Waals surface area contributed by atoms with Crippen molar-refractivity contribution in [2.75, 3.05) is 6.54 Å². The van der Waals surface area contributed by atoms with E-state index in [0.29, 0.717) is 6.42 Å². The third-order valence-electron chi connectivity index (χ3n) is 2.69. The lowest BCUT2D eigenvalue weighted by Gasteiger charge is -2.18. The van der Waals surface area contributed by atoms with Gasteiger partial charge in [0.15, 0.2) is 5.82 Å². The highest BCUT2D eigenvalue weighted by molar-refractivity contribution is 7.89. The SMILES string of the molecule is CC(C)(C)CCNS(=O)(=O)c1cc(Cl)cc(C(=O)O)c1F. The van der Waals surface area contributed by atoms with Crippen LogP contribution in [0.3, 0.4) is 0 Å². The Kier molecular flexibility index (Phi) is 5.35. The highest BCUT2D eigenvalue weighted by Crippen LogP contribution is 2.24. The Bertz CT molecular complexity index is 653. The first kappa shape index (κ1) is 17.9. The molecule has 0 aromatic heterocycles. The second-order valence-corrected chi connectivity index (χ2v) is 7.95.